The Labute approximate surface area is 142 Å². The van der Waals surface area contributed by atoms with Crippen LogP contribution in [0.25, 0.3) is 0 Å². The van der Waals surface area contributed by atoms with Gasteiger partial charge in [0, 0.05) is 4.47 Å². The lowest BCUT2D eigenvalue weighted by molar-refractivity contribution is 0.0937. The van der Waals surface area contributed by atoms with Gasteiger partial charge in [0.25, 0.3) is 5.91 Å². The number of primary amides is 1. The summed E-state index contributed by atoms with van der Waals surface area (Å²) < 4.78 is 0.672. The predicted octanol–water partition coefficient (Wildman–Crippen LogP) is 2.93. The minimum Gasteiger partial charge on any atom is -0.366 e. The standard InChI is InChI=1S/C17H16BrN3O2/c1-10-3-4-12(7-11(10)2)9-20-21-17(23)15-8-13(18)5-6-14(15)16(19)22/h3-9H,1-2H3,(H2,19,22)(H,21,23). The summed E-state index contributed by atoms with van der Waals surface area (Å²) in [5.41, 5.74) is 11.2. The number of hydrogen-bond donors (Lipinski definition) is 2. The molecule has 0 saturated carbocycles. The molecule has 2 rings (SSSR count). The summed E-state index contributed by atoms with van der Waals surface area (Å²) in [6, 6.07) is 10.5. The molecule has 0 unspecified atom stereocenters. The number of nitrogens with one attached hydrogen (secondary N) is 1. The molecule has 0 fully saturated rings. The summed E-state index contributed by atoms with van der Waals surface area (Å²) >= 11 is 3.26. The number of hydrogen-bond acceptors (Lipinski definition) is 3. The van der Waals surface area contributed by atoms with E-state index in [4.69, 9.17) is 5.73 Å². The molecule has 5 nitrogen and oxygen atoms in total. The summed E-state index contributed by atoms with van der Waals surface area (Å²) in [4.78, 5) is 23.6. The SMILES string of the molecule is Cc1ccc(C=NNC(=O)c2cc(Br)ccc2C(N)=O)cc1C. The summed E-state index contributed by atoms with van der Waals surface area (Å²) in [5, 5.41) is 3.93. The molecule has 0 heterocycles. The zero-order valence-electron chi connectivity index (χ0n) is 12.8. The number of rotatable bonds is 4. The highest BCUT2D eigenvalue weighted by Gasteiger charge is 2.15. The van der Waals surface area contributed by atoms with Gasteiger partial charge in [-0.3, -0.25) is 9.59 Å². The Balaban J connectivity index is 2.16. The first-order valence-electron chi connectivity index (χ1n) is 6.88. The van der Waals surface area contributed by atoms with E-state index < -0.39 is 11.8 Å². The second-order valence-electron chi connectivity index (χ2n) is 5.10. The number of carbonyl (C=O) groups excluding carboxylic acids is 2. The molecular weight excluding hydrogens is 358 g/mol. The minimum absolute atomic E-state index is 0.145. The monoisotopic (exact) mass is 373 g/mol. The fraction of sp³-hybridized carbons (Fsp3) is 0.118. The minimum atomic E-state index is -0.666. The van der Waals surface area contributed by atoms with Crippen LogP contribution in [0.4, 0.5) is 0 Å². The number of nitrogens with zero attached hydrogens (tertiary/aromatic N) is 1. The normalized spacial score (nSPS) is 10.7. The number of benzene rings is 2. The van der Waals surface area contributed by atoms with Crippen LogP contribution in [0.2, 0.25) is 0 Å². The zero-order chi connectivity index (χ0) is 17.0. The molecule has 0 aliphatic carbocycles. The van der Waals surface area contributed by atoms with Crippen LogP contribution in [-0.2, 0) is 0 Å². The zero-order valence-corrected chi connectivity index (χ0v) is 14.3. The molecule has 0 saturated heterocycles. The lowest BCUT2D eigenvalue weighted by Gasteiger charge is -2.06. The van der Waals surface area contributed by atoms with Crippen LogP contribution in [0.15, 0.2) is 46.0 Å². The molecule has 2 aromatic rings. The number of hydrazone groups is 1. The lowest BCUT2D eigenvalue weighted by atomic mass is 10.1. The molecule has 6 heteroatoms. The fourth-order valence-electron chi connectivity index (χ4n) is 1.99. The van der Waals surface area contributed by atoms with Gasteiger partial charge < -0.3 is 5.73 Å². The lowest BCUT2D eigenvalue weighted by Crippen LogP contribution is -2.23. The smallest absolute Gasteiger partial charge is 0.272 e. The van der Waals surface area contributed by atoms with E-state index in [1.54, 1.807) is 12.3 Å². The van der Waals surface area contributed by atoms with Crippen LogP contribution >= 0.6 is 15.9 Å². The van der Waals surface area contributed by atoms with Crippen LogP contribution in [0.1, 0.15) is 37.4 Å². The van der Waals surface area contributed by atoms with Crippen LogP contribution in [0.5, 0.6) is 0 Å². The molecule has 0 spiro atoms. The molecule has 0 atom stereocenters. The average molecular weight is 374 g/mol. The van der Waals surface area contributed by atoms with Crippen molar-refractivity contribution in [3.05, 3.63) is 68.7 Å². The molecule has 2 aromatic carbocycles. The van der Waals surface area contributed by atoms with Crippen LogP contribution < -0.4 is 11.2 Å². The van der Waals surface area contributed by atoms with Gasteiger partial charge in [-0.1, -0.05) is 34.1 Å². The second-order valence-corrected chi connectivity index (χ2v) is 6.01. The van der Waals surface area contributed by atoms with Crippen molar-refractivity contribution in [2.45, 2.75) is 13.8 Å². The predicted molar refractivity (Wildman–Crippen MR) is 93.6 cm³/mol. The molecular formula is C17H16BrN3O2. The van der Waals surface area contributed by atoms with E-state index in [1.165, 1.54) is 17.7 Å². The largest absolute Gasteiger partial charge is 0.366 e. The van der Waals surface area contributed by atoms with Crippen molar-refractivity contribution in [2.75, 3.05) is 0 Å². The third-order valence-corrected chi connectivity index (χ3v) is 3.90. The van der Waals surface area contributed by atoms with Crippen molar-refractivity contribution < 1.29 is 9.59 Å². The number of carbonyl (C=O) groups is 2. The van der Waals surface area contributed by atoms with Crippen molar-refractivity contribution in [2.24, 2.45) is 10.8 Å². The van der Waals surface area contributed by atoms with Crippen molar-refractivity contribution in [3.63, 3.8) is 0 Å². The quantitative estimate of drug-likeness (QED) is 0.637. The van der Waals surface area contributed by atoms with Gasteiger partial charge in [0.1, 0.15) is 0 Å². The average Bonchev–Trinajstić information content (AvgIpc) is 2.50. The summed E-state index contributed by atoms with van der Waals surface area (Å²) in [6.45, 7) is 4.03. The fourth-order valence-corrected chi connectivity index (χ4v) is 2.35. The number of aryl methyl sites for hydroxylation is 2. The molecule has 0 bridgehead atoms. The highest BCUT2D eigenvalue weighted by molar-refractivity contribution is 9.10. The van der Waals surface area contributed by atoms with Gasteiger partial charge in [-0.15, -0.1) is 0 Å². The number of nitrogens with two attached hydrogens (primary N) is 1. The van der Waals surface area contributed by atoms with Crippen molar-refractivity contribution in [3.8, 4) is 0 Å². The van der Waals surface area contributed by atoms with E-state index in [0.29, 0.717) is 4.47 Å². The molecule has 2 amide bonds. The summed E-state index contributed by atoms with van der Waals surface area (Å²) in [6.07, 6.45) is 1.55. The van der Waals surface area contributed by atoms with Gasteiger partial charge >= 0.3 is 0 Å². The maximum atomic E-state index is 12.2. The Morgan fingerprint density at radius 1 is 1.09 bits per heavy atom. The van der Waals surface area contributed by atoms with Crippen LogP contribution in [0.3, 0.4) is 0 Å². The Kier molecular flexibility index (Phi) is 5.28. The number of amides is 2. The van der Waals surface area contributed by atoms with Gasteiger partial charge in [-0.05, 0) is 48.7 Å². The van der Waals surface area contributed by atoms with E-state index in [0.717, 1.165) is 11.1 Å². The summed E-state index contributed by atoms with van der Waals surface area (Å²) in [5.74, 6) is -1.17. The maximum Gasteiger partial charge on any atom is 0.272 e. The molecule has 0 aliphatic rings. The first-order chi connectivity index (χ1) is 10.9. The van der Waals surface area contributed by atoms with Crippen molar-refractivity contribution >= 4 is 34.0 Å². The van der Waals surface area contributed by atoms with E-state index >= 15 is 0 Å². The van der Waals surface area contributed by atoms with Crippen LogP contribution in [0, 0.1) is 13.8 Å². The van der Waals surface area contributed by atoms with Crippen molar-refractivity contribution in [1.82, 2.24) is 5.43 Å². The third kappa shape index (κ3) is 4.26. The van der Waals surface area contributed by atoms with E-state index in [-0.39, 0.29) is 11.1 Å². The Morgan fingerprint density at radius 3 is 2.48 bits per heavy atom. The molecule has 3 N–H and O–H groups in total. The molecule has 23 heavy (non-hydrogen) atoms. The Hall–Kier alpha value is -2.47. The summed E-state index contributed by atoms with van der Waals surface area (Å²) in [7, 11) is 0. The Morgan fingerprint density at radius 2 is 1.83 bits per heavy atom. The van der Waals surface area contributed by atoms with Gasteiger partial charge in [0.2, 0.25) is 5.91 Å². The molecule has 118 valence electrons. The molecule has 0 aliphatic heterocycles. The second kappa shape index (κ2) is 7.19. The molecule has 0 aromatic heterocycles. The number of halogens is 1. The van der Waals surface area contributed by atoms with E-state index in [1.807, 2.05) is 32.0 Å². The Bertz CT molecular complexity index is 800. The first-order valence-corrected chi connectivity index (χ1v) is 7.68. The van der Waals surface area contributed by atoms with Gasteiger partial charge in [-0.25, -0.2) is 5.43 Å². The highest BCUT2D eigenvalue weighted by atomic mass is 79.9. The van der Waals surface area contributed by atoms with E-state index in [2.05, 4.69) is 26.5 Å². The third-order valence-electron chi connectivity index (χ3n) is 3.40. The van der Waals surface area contributed by atoms with Gasteiger partial charge in [0.05, 0.1) is 17.3 Å². The van der Waals surface area contributed by atoms with Gasteiger partial charge in [-0.2, -0.15) is 5.10 Å². The first kappa shape index (κ1) is 16.9. The maximum absolute atomic E-state index is 12.2. The van der Waals surface area contributed by atoms with Crippen LogP contribution in [-0.4, -0.2) is 18.0 Å². The topological polar surface area (TPSA) is 84.6 Å². The van der Waals surface area contributed by atoms with Gasteiger partial charge in [0.15, 0.2) is 0 Å². The van der Waals surface area contributed by atoms with Crippen molar-refractivity contribution in [1.29, 1.82) is 0 Å². The highest BCUT2D eigenvalue weighted by Crippen LogP contribution is 2.16. The molecule has 0 radical (unpaired) electrons. The van der Waals surface area contributed by atoms with E-state index in [9.17, 15) is 9.59 Å².